The van der Waals surface area contributed by atoms with Gasteiger partial charge in [0.2, 0.25) is 0 Å². The predicted octanol–water partition coefficient (Wildman–Crippen LogP) is 3.81. The van der Waals surface area contributed by atoms with E-state index in [0.717, 1.165) is 0 Å². The molecule has 100 valence electrons. The van der Waals surface area contributed by atoms with Crippen molar-refractivity contribution in [3.8, 4) is 0 Å². The molecule has 1 aliphatic carbocycles. The summed E-state index contributed by atoms with van der Waals surface area (Å²) in [5.74, 6) is 0.676. The Hall–Kier alpha value is -1.19. The second kappa shape index (κ2) is 4.73. The number of benzene rings is 1. The van der Waals surface area contributed by atoms with Gasteiger partial charge in [-0.2, -0.15) is 0 Å². The number of hydrogen-bond donors (Lipinski definition) is 1. The van der Waals surface area contributed by atoms with Crippen LogP contribution >= 0.6 is 11.3 Å². The van der Waals surface area contributed by atoms with E-state index in [0.29, 0.717) is 12.5 Å². The Balaban J connectivity index is 2.01. The number of nitrogens with zero attached hydrogens (tertiary/aromatic N) is 1. The summed E-state index contributed by atoms with van der Waals surface area (Å²) in [4.78, 5) is 6.21. The molecule has 0 atom stereocenters. The molecule has 0 bridgehead atoms. The number of aromatic nitrogens is 1. The standard InChI is InChI=1S/C16H20N2S/c1-16(2,12-6-4-3-5-7-12)15-18-14(11-8-9-11)13(10-17)19-15/h3-7,11H,8-10,17H2,1-2H3. The summed E-state index contributed by atoms with van der Waals surface area (Å²) in [5, 5.41) is 1.20. The highest BCUT2D eigenvalue weighted by Gasteiger charge is 2.33. The zero-order valence-electron chi connectivity index (χ0n) is 11.5. The Morgan fingerprint density at radius 3 is 2.53 bits per heavy atom. The van der Waals surface area contributed by atoms with Crippen LogP contribution < -0.4 is 5.73 Å². The Labute approximate surface area is 118 Å². The molecular weight excluding hydrogens is 252 g/mol. The summed E-state index contributed by atoms with van der Waals surface area (Å²) in [6.45, 7) is 5.12. The van der Waals surface area contributed by atoms with Gasteiger partial charge in [-0.05, 0) is 32.3 Å². The van der Waals surface area contributed by atoms with Gasteiger partial charge < -0.3 is 5.73 Å². The molecule has 3 heteroatoms. The molecule has 1 aliphatic rings. The van der Waals surface area contributed by atoms with Crippen molar-refractivity contribution in [3.05, 3.63) is 51.5 Å². The Kier molecular flexibility index (Phi) is 3.19. The second-order valence-electron chi connectivity index (χ2n) is 5.80. The van der Waals surface area contributed by atoms with Crippen LogP contribution in [0.15, 0.2) is 30.3 Å². The van der Waals surface area contributed by atoms with Crippen LogP contribution in [0.4, 0.5) is 0 Å². The summed E-state index contributed by atoms with van der Waals surface area (Å²) >= 11 is 1.79. The van der Waals surface area contributed by atoms with Crippen molar-refractivity contribution in [2.75, 3.05) is 0 Å². The molecule has 2 nitrogen and oxygen atoms in total. The second-order valence-corrected chi connectivity index (χ2v) is 6.88. The molecule has 1 aromatic heterocycles. The van der Waals surface area contributed by atoms with Gasteiger partial charge in [0, 0.05) is 22.8 Å². The summed E-state index contributed by atoms with van der Waals surface area (Å²) in [6.07, 6.45) is 2.56. The average molecular weight is 272 g/mol. The maximum Gasteiger partial charge on any atom is 0.103 e. The van der Waals surface area contributed by atoms with E-state index >= 15 is 0 Å². The zero-order chi connectivity index (χ0) is 13.5. The van der Waals surface area contributed by atoms with E-state index in [1.807, 2.05) is 0 Å². The normalized spacial score (nSPS) is 15.7. The fraction of sp³-hybridized carbons (Fsp3) is 0.438. The topological polar surface area (TPSA) is 38.9 Å². The molecule has 1 fully saturated rings. The minimum Gasteiger partial charge on any atom is -0.326 e. The van der Waals surface area contributed by atoms with Gasteiger partial charge in [-0.15, -0.1) is 11.3 Å². The first-order valence-corrected chi connectivity index (χ1v) is 7.70. The van der Waals surface area contributed by atoms with Crippen molar-refractivity contribution in [1.82, 2.24) is 4.98 Å². The monoisotopic (exact) mass is 272 g/mol. The summed E-state index contributed by atoms with van der Waals surface area (Å²) in [5.41, 5.74) is 8.43. The predicted molar refractivity (Wildman–Crippen MR) is 80.6 cm³/mol. The van der Waals surface area contributed by atoms with Gasteiger partial charge in [-0.1, -0.05) is 30.3 Å². The highest BCUT2D eigenvalue weighted by Crippen LogP contribution is 2.45. The maximum atomic E-state index is 5.88. The van der Waals surface area contributed by atoms with Crippen LogP contribution in [-0.4, -0.2) is 4.98 Å². The maximum absolute atomic E-state index is 5.88. The lowest BCUT2D eigenvalue weighted by atomic mass is 9.85. The number of thiazole rings is 1. The van der Waals surface area contributed by atoms with E-state index in [1.165, 1.54) is 34.0 Å². The molecule has 0 saturated heterocycles. The minimum absolute atomic E-state index is 0.0387. The highest BCUT2D eigenvalue weighted by molar-refractivity contribution is 7.12. The van der Waals surface area contributed by atoms with E-state index in [-0.39, 0.29) is 5.41 Å². The first kappa shape index (κ1) is 12.8. The Morgan fingerprint density at radius 2 is 1.95 bits per heavy atom. The fourth-order valence-electron chi connectivity index (χ4n) is 2.43. The molecule has 0 aliphatic heterocycles. The van der Waals surface area contributed by atoms with E-state index in [4.69, 9.17) is 10.7 Å². The summed E-state index contributed by atoms with van der Waals surface area (Å²) in [7, 11) is 0. The van der Waals surface area contributed by atoms with Gasteiger partial charge in [-0.3, -0.25) is 0 Å². The van der Waals surface area contributed by atoms with Crippen LogP contribution in [0.1, 0.15) is 53.7 Å². The van der Waals surface area contributed by atoms with E-state index < -0.39 is 0 Å². The third kappa shape index (κ3) is 2.33. The van der Waals surface area contributed by atoms with Crippen molar-refractivity contribution >= 4 is 11.3 Å². The molecule has 1 aromatic carbocycles. The lowest BCUT2D eigenvalue weighted by molar-refractivity contribution is 0.631. The molecule has 1 heterocycles. The van der Waals surface area contributed by atoms with Gasteiger partial charge >= 0.3 is 0 Å². The van der Waals surface area contributed by atoms with Gasteiger partial charge in [0.1, 0.15) is 5.01 Å². The van der Waals surface area contributed by atoms with Crippen LogP contribution in [0, 0.1) is 0 Å². The van der Waals surface area contributed by atoms with Crippen molar-refractivity contribution in [2.24, 2.45) is 5.73 Å². The first-order valence-electron chi connectivity index (χ1n) is 6.88. The number of nitrogens with two attached hydrogens (primary N) is 1. The molecule has 1 saturated carbocycles. The summed E-state index contributed by atoms with van der Waals surface area (Å²) in [6, 6.07) is 10.6. The van der Waals surface area contributed by atoms with E-state index in [9.17, 15) is 0 Å². The first-order chi connectivity index (χ1) is 9.13. The lowest BCUT2D eigenvalue weighted by Gasteiger charge is -2.22. The number of rotatable bonds is 4. The molecule has 19 heavy (non-hydrogen) atoms. The molecule has 2 N–H and O–H groups in total. The average Bonchev–Trinajstić information content (AvgIpc) is 3.18. The van der Waals surface area contributed by atoms with Crippen LogP contribution in [0.5, 0.6) is 0 Å². The van der Waals surface area contributed by atoms with Crippen molar-refractivity contribution < 1.29 is 0 Å². The third-order valence-electron chi connectivity index (χ3n) is 3.91. The Bertz CT molecular complexity index is 568. The highest BCUT2D eigenvalue weighted by atomic mass is 32.1. The molecular formula is C16H20N2S. The van der Waals surface area contributed by atoms with Gasteiger partial charge in [0.05, 0.1) is 5.69 Å². The Morgan fingerprint density at radius 1 is 1.26 bits per heavy atom. The summed E-state index contributed by atoms with van der Waals surface area (Å²) < 4.78 is 0. The van der Waals surface area contributed by atoms with Crippen LogP contribution in [-0.2, 0) is 12.0 Å². The number of hydrogen-bond acceptors (Lipinski definition) is 3. The fourth-order valence-corrected chi connectivity index (χ4v) is 3.58. The zero-order valence-corrected chi connectivity index (χ0v) is 12.3. The largest absolute Gasteiger partial charge is 0.326 e. The smallest absolute Gasteiger partial charge is 0.103 e. The third-order valence-corrected chi connectivity index (χ3v) is 5.32. The minimum atomic E-state index is -0.0387. The molecule has 0 radical (unpaired) electrons. The quantitative estimate of drug-likeness (QED) is 0.919. The van der Waals surface area contributed by atoms with Crippen LogP contribution in [0.3, 0.4) is 0 Å². The molecule has 2 aromatic rings. The van der Waals surface area contributed by atoms with Gasteiger partial charge in [0.15, 0.2) is 0 Å². The molecule has 3 rings (SSSR count). The van der Waals surface area contributed by atoms with Crippen molar-refractivity contribution in [2.45, 2.75) is 44.6 Å². The SMILES string of the molecule is CC(C)(c1ccccc1)c1nc(C2CC2)c(CN)s1. The van der Waals surface area contributed by atoms with Crippen molar-refractivity contribution in [1.29, 1.82) is 0 Å². The van der Waals surface area contributed by atoms with Gasteiger partial charge in [-0.25, -0.2) is 4.98 Å². The lowest BCUT2D eigenvalue weighted by Crippen LogP contribution is -2.18. The van der Waals surface area contributed by atoms with E-state index in [2.05, 4.69) is 44.2 Å². The van der Waals surface area contributed by atoms with E-state index in [1.54, 1.807) is 11.3 Å². The van der Waals surface area contributed by atoms with Gasteiger partial charge in [0.25, 0.3) is 0 Å². The molecule has 0 amide bonds. The van der Waals surface area contributed by atoms with Crippen molar-refractivity contribution in [3.63, 3.8) is 0 Å². The van der Waals surface area contributed by atoms with Crippen LogP contribution in [0.2, 0.25) is 0 Å². The molecule has 0 unspecified atom stereocenters. The van der Waals surface area contributed by atoms with Crippen LogP contribution in [0.25, 0.3) is 0 Å². The molecule has 0 spiro atoms.